The number of quaternary nitrogens is 1. The first-order chi connectivity index (χ1) is 9.93. The Hall–Kier alpha value is -0.240. The summed E-state index contributed by atoms with van der Waals surface area (Å²) in [6.45, 7) is 9.85. The highest BCUT2D eigenvalue weighted by Gasteiger charge is 2.12. The maximum Gasteiger partial charge on any atom is 0.101 e. The van der Waals surface area contributed by atoms with Crippen LogP contribution in [0.5, 0.6) is 0 Å². The van der Waals surface area contributed by atoms with Gasteiger partial charge in [0, 0.05) is 13.5 Å². The molecular weight excluding hydrogens is 262 g/mol. The lowest BCUT2D eigenvalue weighted by molar-refractivity contribution is -0.908. The van der Waals surface area contributed by atoms with Gasteiger partial charge >= 0.3 is 0 Å². The molecule has 0 amide bonds. The van der Waals surface area contributed by atoms with E-state index in [4.69, 9.17) is 23.7 Å². The largest absolute Gasteiger partial charge is 0.382 e. The van der Waals surface area contributed by atoms with Crippen LogP contribution < -0.4 is 4.90 Å². The monoisotopic (exact) mass is 292 g/mol. The molecule has 1 fully saturated rings. The van der Waals surface area contributed by atoms with Crippen molar-refractivity contribution in [1.29, 1.82) is 0 Å². The first-order valence-electron chi connectivity index (χ1n) is 7.57. The van der Waals surface area contributed by atoms with Gasteiger partial charge in [-0.2, -0.15) is 0 Å². The predicted molar refractivity (Wildman–Crippen MR) is 75.3 cm³/mol. The average Bonchev–Trinajstić information content (AvgIpc) is 2.49. The van der Waals surface area contributed by atoms with Crippen LogP contribution in [0.3, 0.4) is 0 Å². The van der Waals surface area contributed by atoms with E-state index in [0.717, 1.165) is 39.3 Å². The molecule has 0 bridgehead atoms. The highest BCUT2D eigenvalue weighted by molar-refractivity contribution is 4.41. The molecule has 120 valence electrons. The third kappa shape index (κ3) is 10.5. The van der Waals surface area contributed by atoms with E-state index in [-0.39, 0.29) is 0 Å². The number of morpholine rings is 1. The number of hydrogen-bond acceptors (Lipinski definition) is 5. The molecule has 0 aromatic rings. The van der Waals surface area contributed by atoms with Crippen LogP contribution in [0, 0.1) is 0 Å². The van der Waals surface area contributed by atoms with Gasteiger partial charge in [0.15, 0.2) is 0 Å². The fourth-order valence-electron chi connectivity index (χ4n) is 2.02. The molecule has 0 atom stereocenters. The van der Waals surface area contributed by atoms with E-state index in [1.165, 1.54) is 6.54 Å². The van der Waals surface area contributed by atoms with Crippen molar-refractivity contribution in [2.75, 3.05) is 86.2 Å². The van der Waals surface area contributed by atoms with Crippen LogP contribution >= 0.6 is 0 Å². The van der Waals surface area contributed by atoms with E-state index in [0.29, 0.717) is 39.6 Å². The smallest absolute Gasteiger partial charge is 0.101 e. The predicted octanol–water partition coefficient (Wildman–Crippen LogP) is -1.01. The number of nitrogens with one attached hydrogen (secondary N) is 1. The minimum atomic E-state index is 0.615. The maximum atomic E-state index is 5.54. The van der Waals surface area contributed by atoms with Crippen LogP contribution in [0.2, 0.25) is 0 Å². The minimum absolute atomic E-state index is 0.615. The van der Waals surface area contributed by atoms with E-state index in [2.05, 4.69) is 0 Å². The first kappa shape index (κ1) is 17.8. The summed E-state index contributed by atoms with van der Waals surface area (Å²) in [6.07, 6.45) is 1.11. The summed E-state index contributed by atoms with van der Waals surface area (Å²) in [5.74, 6) is 0. The lowest BCUT2D eigenvalue weighted by Gasteiger charge is -2.23. The van der Waals surface area contributed by atoms with Gasteiger partial charge < -0.3 is 28.6 Å². The molecule has 0 aromatic carbocycles. The number of hydrogen-bond donors (Lipinski definition) is 1. The quantitative estimate of drug-likeness (QED) is 0.441. The molecule has 1 saturated heterocycles. The molecular formula is C14H30NO5+. The second-order valence-corrected chi connectivity index (χ2v) is 4.80. The van der Waals surface area contributed by atoms with Gasteiger partial charge in [-0.05, 0) is 0 Å². The highest BCUT2D eigenvalue weighted by Crippen LogP contribution is 1.84. The standard InChI is InChI=1S/C14H29NO5/c1-16-9-10-19-13-14-20-12-11-17-6-2-3-15-4-7-18-8-5-15/h2-14H2,1H3/p+1. The van der Waals surface area contributed by atoms with E-state index in [1.807, 2.05) is 0 Å². The normalized spacial score (nSPS) is 16.6. The first-order valence-corrected chi connectivity index (χ1v) is 7.57. The van der Waals surface area contributed by atoms with Crippen molar-refractivity contribution in [3.63, 3.8) is 0 Å². The average molecular weight is 292 g/mol. The van der Waals surface area contributed by atoms with Crippen molar-refractivity contribution in [2.24, 2.45) is 0 Å². The molecule has 1 aliphatic heterocycles. The van der Waals surface area contributed by atoms with Gasteiger partial charge in [-0.15, -0.1) is 0 Å². The molecule has 6 heteroatoms. The molecule has 0 saturated carbocycles. The molecule has 20 heavy (non-hydrogen) atoms. The Morgan fingerprint density at radius 3 is 1.95 bits per heavy atom. The molecule has 0 radical (unpaired) electrons. The van der Waals surface area contributed by atoms with Crippen molar-refractivity contribution >= 4 is 0 Å². The van der Waals surface area contributed by atoms with Crippen LogP contribution in [-0.4, -0.2) is 86.2 Å². The Labute approximate surface area is 122 Å². The third-order valence-corrected chi connectivity index (χ3v) is 3.19. The number of rotatable bonds is 13. The molecule has 0 spiro atoms. The van der Waals surface area contributed by atoms with E-state index in [9.17, 15) is 0 Å². The van der Waals surface area contributed by atoms with E-state index in [1.54, 1.807) is 12.0 Å². The zero-order valence-electron chi connectivity index (χ0n) is 12.7. The maximum absolute atomic E-state index is 5.54. The minimum Gasteiger partial charge on any atom is -0.382 e. The Morgan fingerprint density at radius 1 is 0.800 bits per heavy atom. The van der Waals surface area contributed by atoms with Gasteiger partial charge in [-0.25, -0.2) is 0 Å². The lowest BCUT2D eigenvalue weighted by atomic mass is 10.3. The van der Waals surface area contributed by atoms with Crippen LogP contribution in [0.15, 0.2) is 0 Å². The number of ether oxygens (including phenoxy) is 5. The summed E-state index contributed by atoms with van der Waals surface area (Å²) < 4.78 is 26.4. The summed E-state index contributed by atoms with van der Waals surface area (Å²) in [6, 6.07) is 0. The SMILES string of the molecule is COCCOCCOCCOCCC[NH+]1CCOCC1. The van der Waals surface area contributed by atoms with Gasteiger partial charge in [0.05, 0.1) is 66.0 Å². The fraction of sp³-hybridized carbons (Fsp3) is 1.00. The summed E-state index contributed by atoms with van der Waals surface area (Å²) in [5.41, 5.74) is 0. The van der Waals surface area contributed by atoms with Crippen molar-refractivity contribution in [3.05, 3.63) is 0 Å². The molecule has 1 heterocycles. The van der Waals surface area contributed by atoms with Crippen molar-refractivity contribution < 1.29 is 28.6 Å². The van der Waals surface area contributed by atoms with Gasteiger partial charge in [0.25, 0.3) is 0 Å². The summed E-state index contributed by atoms with van der Waals surface area (Å²) in [7, 11) is 1.66. The summed E-state index contributed by atoms with van der Waals surface area (Å²) in [5, 5.41) is 0. The molecule has 1 rings (SSSR count). The fourth-order valence-corrected chi connectivity index (χ4v) is 2.02. The Morgan fingerprint density at radius 2 is 1.35 bits per heavy atom. The van der Waals surface area contributed by atoms with Gasteiger partial charge in [0.2, 0.25) is 0 Å². The second kappa shape index (κ2) is 13.7. The highest BCUT2D eigenvalue weighted by atomic mass is 16.6. The van der Waals surface area contributed by atoms with Crippen LogP contribution in [0.4, 0.5) is 0 Å². The van der Waals surface area contributed by atoms with Gasteiger partial charge in [0.1, 0.15) is 13.1 Å². The third-order valence-electron chi connectivity index (χ3n) is 3.19. The summed E-state index contributed by atoms with van der Waals surface area (Å²) in [4.78, 5) is 1.63. The van der Waals surface area contributed by atoms with Crippen molar-refractivity contribution in [1.82, 2.24) is 0 Å². The zero-order valence-corrected chi connectivity index (χ0v) is 12.7. The summed E-state index contributed by atoms with van der Waals surface area (Å²) >= 11 is 0. The van der Waals surface area contributed by atoms with Crippen LogP contribution in [0.25, 0.3) is 0 Å². The molecule has 1 aliphatic rings. The lowest BCUT2D eigenvalue weighted by Crippen LogP contribution is -3.14. The molecule has 0 unspecified atom stereocenters. The van der Waals surface area contributed by atoms with E-state index >= 15 is 0 Å². The molecule has 6 nitrogen and oxygen atoms in total. The Bertz CT molecular complexity index is 200. The van der Waals surface area contributed by atoms with Crippen molar-refractivity contribution in [2.45, 2.75) is 6.42 Å². The van der Waals surface area contributed by atoms with Crippen LogP contribution in [0.1, 0.15) is 6.42 Å². The Balaban J connectivity index is 1.70. The zero-order chi connectivity index (χ0) is 14.3. The number of methoxy groups -OCH3 is 1. The second-order valence-electron chi connectivity index (χ2n) is 4.80. The van der Waals surface area contributed by atoms with Gasteiger partial charge in [-0.3, -0.25) is 0 Å². The van der Waals surface area contributed by atoms with Crippen molar-refractivity contribution in [3.8, 4) is 0 Å². The molecule has 1 N–H and O–H groups in total. The van der Waals surface area contributed by atoms with E-state index < -0.39 is 0 Å². The molecule has 0 aliphatic carbocycles. The van der Waals surface area contributed by atoms with Crippen LogP contribution in [-0.2, 0) is 23.7 Å². The molecule has 0 aromatic heterocycles. The van der Waals surface area contributed by atoms with Gasteiger partial charge in [-0.1, -0.05) is 0 Å². The Kier molecular flexibility index (Phi) is 12.2. The topological polar surface area (TPSA) is 50.6 Å².